The van der Waals surface area contributed by atoms with Gasteiger partial charge in [0, 0.05) is 25.2 Å². The predicted octanol–water partition coefficient (Wildman–Crippen LogP) is 3.12. The number of imidazole rings is 1. The lowest BCUT2D eigenvalue weighted by molar-refractivity contribution is 0.0936. The van der Waals surface area contributed by atoms with Crippen molar-refractivity contribution in [1.82, 2.24) is 14.9 Å². The molecule has 6 heteroatoms. The Kier molecular flexibility index (Phi) is 3.28. The second kappa shape index (κ2) is 4.87. The van der Waals surface area contributed by atoms with Crippen LogP contribution in [-0.2, 0) is 18.5 Å². The third-order valence-corrected chi connectivity index (χ3v) is 4.14. The Bertz CT molecular complexity index is 656. The number of nitrogens with one attached hydrogen (secondary N) is 1. The van der Waals surface area contributed by atoms with Crippen molar-refractivity contribution in [3.8, 4) is 0 Å². The van der Waals surface area contributed by atoms with Crippen LogP contribution in [-0.4, -0.2) is 21.4 Å². The smallest absolute Gasteiger partial charge is 0.194 e. The Morgan fingerprint density at radius 1 is 1.24 bits per heavy atom. The van der Waals surface area contributed by atoms with Crippen LogP contribution in [0, 0.1) is 17.5 Å². The van der Waals surface area contributed by atoms with E-state index in [1.165, 1.54) is 0 Å². The SMILES string of the molecule is CC1(C)c2nc[nH]c2CCN1Cc1cc(F)c(F)c(F)c1. The number of hydrogen-bond acceptors (Lipinski definition) is 2. The van der Waals surface area contributed by atoms with E-state index >= 15 is 0 Å². The minimum atomic E-state index is -1.42. The number of aromatic nitrogens is 2. The van der Waals surface area contributed by atoms with Crippen molar-refractivity contribution in [2.24, 2.45) is 0 Å². The van der Waals surface area contributed by atoms with Crippen LogP contribution >= 0.6 is 0 Å². The minimum absolute atomic E-state index is 0.341. The lowest BCUT2D eigenvalue weighted by atomic mass is 9.90. The lowest BCUT2D eigenvalue weighted by Crippen LogP contribution is -2.46. The van der Waals surface area contributed by atoms with E-state index < -0.39 is 17.5 Å². The topological polar surface area (TPSA) is 31.9 Å². The van der Waals surface area contributed by atoms with E-state index in [2.05, 4.69) is 14.9 Å². The summed E-state index contributed by atoms with van der Waals surface area (Å²) in [5, 5.41) is 0. The van der Waals surface area contributed by atoms with Crippen LogP contribution in [0.5, 0.6) is 0 Å². The monoisotopic (exact) mass is 295 g/mol. The quantitative estimate of drug-likeness (QED) is 0.863. The van der Waals surface area contributed by atoms with Gasteiger partial charge in [-0.25, -0.2) is 18.2 Å². The molecule has 0 aliphatic carbocycles. The van der Waals surface area contributed by atoms with Gasteiger partial charge in [-0.2, -0.15) is 0 Å². The van der Waals surface area contributed by atoms with Gasteiger partial charge in [-0.05, 0) is 31.5 Å². The van der Waals surface area contributed by atoms with E-state index in [0.717, 1.165) is 36.5 Å². The maximum Gasteiger partial charge on any atom is 0.194 e. The first kappa shape index (κ1) is 14.1. The summed E-state index contributed by atoms with van der Waals surface area (Å²) in [7, 11) is 0. The summed E-state index contributed by atoms with van der Waals surface area (Å²) in [5.74, 6) is -3.73. The van der Waals surface area contributed by atoms with Crippen molar-refractivity contribution >= 4 is 0 Å². The maximum atomic E-state index is 13.3. The van der Waals surface area contributed by atoms with E-state index in [4.69, 9.17) is 0 Å². The molecule has 0 spiro atoms. The number of halogens is 3. The summed E-state index contributed by atoms with van der Waals surface area (Å²) in [6.07, 6.45) is 2.46. The zero-order valence-corrected chi connectivity index (χ0v) is 11.9. The highest BCUT2D eigenvalue weighted by Crippen LogP contribution is 2.34. The fourth-order valence-electron chi connectivity index (χ4n) is 2.91. The molecule has 1 aromatic carbocycles. The van der Waals surface area contributed by atoms with Crippen molar-refractivity contribution in [2.45, 2.75) is 32.4 Å². The Labute approximate surface area is 120 Å². The minimum Gasteiger partial charge on any atom is -0.348 e. The molecule has 0 fully saturated rings. The fraction of sp³-hybridized carbons (Fsp3) is 0.400. The van der Waals surface area contributed by atoms with Crippen LogP contribution in [0.25, 0.3) is 0 Å². The van der Waals surface area contributed by atoms with Gasteiger partial charge >= 0.3 is 0 Å². The molecule has 21 heavy (non-hydrogen) atoms. The molecule has 1 aliphatic heterocycles. The first-order valence-corrected chi connectivity index (χ1v) is 6.81. The Morgan fingerprint density at radius 3 is 2.57 bits per heavy atom. The van der Waals surface area contributed by atoms with Crippen LogP contribution in [0.2, 0.25) is 0 Å². The van der Waals surface area contributed by atoms with Crippen LogP contribution in [0.1, 0.15) is 30.8 Å². The average molecular weight is 295 g/mol. The number of hydrogen-bond donors (Lipinski definition) is 1. The lowest BCUT2D eigenvalue weighted by Gasteiger charge is -2.41. The van der Waals surface area contributed by atoms with Crippen molar-refractivity contribution in [1.29, 1.82) is 0 Å². The van der Waals surface area contributed by atoms with Gasteiger partial charge in [0.1, 0.15) is 0 Å². The molecule has 0 unspecified atom stereocenters. The molecule has 0 atom stereocenters. The number of rotatable bonds is 2. The summed E-state index contributed by atoms with van der Waals surface area (Å²) < 4.78 is 39.7. The van der Waals surface area contributed by atoms with E-state index in [-0.39, 0.29) is 5.54 Å². The molecular weight excluding hydrogens is 279 g/mol. The maximum absolute atomic E-state index is 13.3. The zero-order chi connectivity index (χ0) is 15.2. The van der Waals surface area contributed by atoms with Gasteiger partial charge in [0.05, 0.1) is 17.6 Å². The van der Waals surface area contributed by atoms with Gasteiger partial charge in [-0.3, -0.25) is 4.90 Å². The van der Waals surface area contributed by atoms with Crippen molar-refractivity contribution in [3.63, 3.8) is 0 Å². The van der Waals surface area contributed by atoms with Crippen LogP contribution in [0.15, 0.2) is 18.5 Å². The zero-order valence-electron chi connectivity index (χ0n) is 11.9. The molecule has 1 aromatic heterocycles. The first-order valence-electron chi connectivity index (χ1n) is 6.81. The van der Waals surface area contributed by atoms with Gasteiger partial charge in [0.15, 0.2) is 17.5 Å². The molecule has 0 amide bonds. The van der Waals surface area contributed by atoms with E-state index in [9.17, 15) is 13.2 Å². The normalized spacial score (nSPS) is 17.8. The Balaban J connectivity index is 1.89. The Hall–Kier alpha value is -1.82. The molecule has 1 aliphatic rings. The van der Waals surface area contributed by atoms with E-state index in [0.29, 0.717) is 12.1 Å². The summed E-state index contributed by atoms with van der Waals surface area (Å²) in [6.45, 7) is 5.11. The Morgan fingerprint density at radius 2 is 1.90 bits per heavy atom. The average Bonchev–Trinajstić information content (AvgIpc) is 2.89. The van der Waals surface area contributed by atoms with Gasteiger partial charge in [0.25, 0.3) is 0 Å². The van der Waals surface area contributed by atoms with E-state index in [1.54, 1.807) is 6.33 Å². The molecule has 112 valence electrons. The summed E-state index contributed by atoms with van der Waals surface area (Å²) in [5.41, 5.74) is 2.09. The third kappa shape index (κ3) is 2.33. The molecule has 0 saturated carbocycles. The molecule has 2 aromatic rings. The molecule has 1 N–H and O–H groups in total. The van der Waals surface area contributed by atoms with Crippen molar-refractivity contribution in [2.75, 3.05) is 6.54 Å². The summed E-state index contributed by atoms with van der Waals surface area (Å²) >= 11 is 0. The number of fused-ring (bicyclic) bond motifs is 1. The van der Waals surface area contributed by atoms with Crippen molar-refractivity contribution < 1.29 is 13.2 Å². The largest absolute Gasteiger partial charge is 0.348 e. The number of aromatic amines is 1. The number of nitrogens with zero attached hydrogens (tertiary/aromatic N) is 2. The van der Waals surface area contributed by atoms with Gasteiger partial charge in [0.2, 0.25) is 0 Å². The second-order valence-electron chi connectivity index (χ2n) is 5.83. The highest BCUT2D eigenvalue weighted by atomic mass is 19.2. The molecule has 0 radical (unpaired) electrons. The molecule has 3 nitrogen and oxygen atoms in total. The van der Waals surface area contributed by atoms with Gasteiger partial charge in [-0.15, -0.1) is 0 Å². The fourth-order valence-corrected chi connectivity index (χ4v) is 2.91. The molecule has 0 bridgehead atoms. The molecule has 0 saturated heterocycles. The third-order valence-electron chi connectivity index (χ3n) is 4.14. The van der Waals surface area contributed by atoms with Crippen LogP contribution in [0.4, 0.5) is 13.2 Å². The van der Waals surface area contributed by atoms with Crippen LogP contribution in [0.3, 0.4) is 0 Å². The molecule has 3 rings (SSSR count). The summed E-state index contributed by atoms with van der Waals surface area (Å²) in [4.78, 5) is 9.55. The highest BCUT2D eigenvalue weighted by molar-refractivity contribution is 5.25. The second-order valence-corrected chi connectivity index (χ2v) is 5.83. The number of benzene rings is 1. The van der Waals surface area contributed by atoms with Gasteiger partial charge in [-0.1, -0.05) is 0 Å². The highest BCUT2D eigenvalue weighted by Gasteiger charge is 2.36. The van der Waals surface area contributed by atoms with Crippen LogP contribution < -0.4 is 0 Å². The molecule has 2 heterocycles. The van der Waals surface area contributed by atoms with Crippen molar-refractivity contribution in [3.05, 3.63) is 52.9 Å². The predicted molar refractivity (Wildman–Crippen MR) is 72.0 cm³/mol. The standard InChI is InChI=1S/C15H16F3N3/c1-15(2)14-12(19-8-20-14)3-4-21(15)7-9-5-10(16)13(18)11(17)6-9/h5-6,8H,3-4,7H2,1-2H3,(H,19,20). The summed E-state index contributed by atoms with van der Waals surface area (Å²) in [6, 6.07) is 2.10. The van der Waals surface area contributed by atoms with Gasteiger partial charge < -0.3 is 4.98 Å². The van der Waals surface area contributed by atoms with E-state index in [1.807, 2.05) is 13.8 Å². The molecular formula is C15H16F3N3. The number of H-pyrrole nitrogens is 1. The first-order chi connectivity index (χ1) is 9.89.